The molecule has 7 nitrogen and oxygen atoms in total. The molecule has 0 aromatic carbocycles. The largest absolute Gasteiger partial charge is 0.368 e. The number of aryl methyl sites for hydroxylation is 1. The Bertz CT molecular complexity index is 984. The van der Waals surface area contributed by atoms with E-state index in [0.717, 1.165) is 16.5 Å². The van der Waals surface area contributed by atoms with Gasteiger partial charge in [-0.2, -0.15) is 0 Å². The number of pyridine rings is 1. The van der Waals surface area contributed by atoms with E-state index in [4.69, 9.17) is 5.73 Å². The molecule has 120 valence electrons. The van der Waals surface area contributed by atoms with E-state index in [1.807, 2.05) is 16.8 Å². The monoisotopic (exact) mass is 395 g/mol. The molecule has 3 heterocycles. The summed E-state index contributed by atoms with van der Waals surface area (Å²) in [5.74, 6) is 0.241. The van der Waals surface area contributed by atoms with Crippen LogP contribution in [-0.4, -0.2) is 39.9 Å². The van der Waals surface area contributed by atoms with Crippen molar-refractivity contribution in [3.05, 3.63) is 35.3 Å². The Morgan fingerprint density at radius 2 is 2.13 bits per heavy atom. The van der Waals surface area contributed by atoms with Crippen molar-refractivity contribution < 1.29 is 8.42 Å². The highest BCUT2D eigenvalue weighted by Gasteiger charge is 2.14. The lowest BCUT2D eigenvalue weighted by molar-refractivity contribution is 0.596. The average Bonchev–Trinajstić information content (AvgIpc) is 2.82. The molecule has 23 heavy (non-hydrogen) atoms. The first kappa shape index (κ1) is 15.9. The maximum absolute atomic E-state index is 11.4. The Hall–Kier alpha value is -2.00. The van der Waals surface area contributed by atoms with Gasteiger partial charge in [0, 0.05) is 36.1 Å². The number of hydrogen-bond donors (Lipinski definition) is 1. The van der Waals surface area contributed by atoms with E-state index >= 15 is 0 Å². The first-order valence-corrected chi connectivity index (χ1v) is 9.60. The SMILES string of the molecule is CS(=O)(=O)CCn1cc(-c2ccnc(N)n2)c2cc(Br)ncc21. The Morgan fingerprint density at radius 3 is 2.83 bits per heavy atom. The summed E-state index contributed by atoms with van der Waals surface area (Å²) in [4.78, 5) is 12.4. The molecule has 0 aliphatic carbocycles. The zero-order chi connectivity index (χ0) is 16.6. The first-order chi connectivity index (χ1) is 10.8. The molecule has 0 aliphatic rings. The summed E-state index contributed by atoms with van der Waals surface area (Å²) in [5.41, 5.74) is 8.03. The van der Waals surface area contributed by atoms with Crippen LogP contribution >= 0.6 is 15.9 Å². The van der Waals surface area contributed by atoms with Gasteiger partial charge in [-0.05, 0) is 28.1 Å². The first-order valence-electron chi connectivity index (χ1n) is 6.74. The lowest BCUT2D eigenvalue weighted by Crippen LogP contribution is -2.10. The fourth-order valence-electron chi connectivity index (χ4n) is 2.34. The summed E-state index contributed by atoms with van der Waals surface area (Å²) in [7, 11) is -3.06. The van der Waals surface area contributed by atoms with Gasteiger partial charge in [0.05, 0.1) is 23.2 Å². The van der Waals surface area contributed by atoms with Crippen LogP contribution in [0.2, 0.25) is 0 Å². The van der Waals surface area contributed by atoms with Gasteiger partial charge in [0.1, 0.15) is 14.4 Å². The third-order valence-corrected chi connectivity index (χ3v) is 4.75. The minimum atomic E-state index is -3.06. The van der Waals surface area contributed by atoms with Gasteiger partial charge in [-0.1, -0.05) is 0 Å². The van der Waals surface area contributed by atoms with E-state index in [1.54, 1.807) is 18.5 Å². The second kappa shape index (κ2) is 5.89. The third kappa shape index (κ3) is 3.50. The van der Waals surface area contributed by atoms with Gasteiger partial charge < -0.3 is 10.3 Å². The molecule has 2 N–H and O–H groups in total. The van der Waals surface area contributed by atoms with Crippen LogP contribution in [0, 0.1) is 0 Å². The quantitative estimate of drug-likeness (QED) is 0.676. The minimum absolute atomic E-state index is 0.0538. The highest BCUT2D eigenvalue weighted by Crippen LogP contribution is 2.30. The van der Waals surface area contributed by atoms with Gasteiger partial charge in [-0.25, -0.2) is 23.4 Å². The van der Waals surface area contributed by atoms with Gasteiger partial charge >= 0.3 is 0 Å². The molecule has 0 atom stereocenters. The summed E-state index contributed by atoms with van der Waals surface area (Å²) in [5, 5.41) is 0.915. The lowest BCUT2D eigenvalue weighted by Gasteiger charge is -2.03. The van der Waals surface area contributed by atoms with Crippen LogP contribution in [0.15, 0.2) is 35.3 Å². The van der Waals surface area contributed by atoms with E-state index < -0.39 is 9.84 Å². The molecule has 9 heteroatoms. The number of sulfone groups is 1. The van der Waals surface area contributed by atoms with Crippen molar-refractivity contribution in [1.29, 1.82) is 0 Å². The highest BCUT2D eigenvalue weighted by atomic mass is 79.9. The van der Waals surface area contributed by atoms with Crippen molar-refractivity contribution in [2.45, 2.75) is 6.54 Å². The summed E-state index contributed by atoms with van der Waals surface area (Å²) >= 11 is 3.36. The standard InChI is InChI=1S/C14H14BrN5O2S/c1-23(21,22)5-4-20-8-10(11-2-3-17-14(16)19-11)9-6-13(15)18-7-12(9)20/h2-3,6-8H,4-5H2,1H3,(H2,16,17,19). The van der Waals surface area contributed by atoms with Gasteiger partial charge in [-0.15, -0.1) is 0 Å². The fraction of sp³-hybridized carbons (Fsp3) is 0.214. The molecule has 0 bridgehead atoms. The van der Waals surface area contributed by atoms with Crippen molar-refractivity contribution >= 4 is 42.6 Å². The summed E-state index contributed by atoms with van der Waals surface area (Å²) in [6.45, 7) is 0.346. The van der Waals surface area contributed by atoms with E-state index in [2.05, 4.69) is 30.9 Å². The molecule has 0 aliphatic heterocycles. The Balaban J connectivity index is 2.16. The van der Waals surface area contributed by atoms with Gasteiger partial charge in [-0.3, -0.25) is 0 Å². The number of nitrogens with two attached hydrogens (primary N) is 1. The minimum Gasteiger partial charge on any atom is -0.368 e. The maximum atomic E-state index is 11.4. The molecular weight excluding hydrogens is 382 g/mol. The maximum Gasteiger partial charge on any atom is 0.220 e. The number of nitrogens with zero attached hydrogens (tertiary/aromatic N) is 4. The number of hydrogen-bond acceptors (Lipinski definition) is 6. The lowest BCUT2D eigenvalue weighted by atomic mass is 10.1. The second-order valence-corrected chi connectivity index (χ2v) is 8.26. The number of fused-ring (bicyclic) bond motifs is 1. The van der Waals surface area contributed by atoms with Crippen molar-refractivity contribution in [2.75, 3.05) is 17.7 Å². The van der Waals surface area contributed by atoms with Gasteiger partial charge in [0.25, 0.3) is 0 Å². The molecular formula is C14H14BrN5O2S. The normalized spacial score (nSPS) is 11.9. The zero-order valence-electron chi connectivity index (χ0n) is 12.3. The molecule has 3 aromatic rings. The second-order valence-electron chi connectivity index (χ2n) is 5.19. The fourth-order valence-corrected chi connectivity index (χ4v) is 3.20. The van der Waals surface area contributed by atoms with Crippen LogP contribution in [0.1, 0.15) is 0 Å². The zero-order valence-corrected chi connectivity index (χ0v) is 14.7. The molecule has 3 rings (SSSR count). The van der Waals surface area contributed by atoms with Crippen LogP contribution in [-0.2, 0) is 16.4 Å². The van der Waals surface area contributed by atoms with E-state index in [0.29, 0.717) is 16.8 Å². The molecule has 0 radical (unpaired) electrons. The predicted octanol–water partition coefficient (Wildman–Crippen LogP) is 1.88. The summed E-state index contributed by atoms with van der Waals surface area (Å²) in [6, 6.07) is 3.64. The van der Waals surface area contributed by atoms with Crippen LogP contribution in [0.5, 0.6) is 0 Å². The molecule has 0 unspecified atom stereocenters. The van der Waals surface area contributed by atoms with Gasteiger partial charge in [0.15, 0.2) is 0 Å². The van der Waals surface area contributed by atoms with Crippen molar-refractivity contribution in [3.63, 3.8) is 0 Å². The number of aromatic nitrogens is 4. The smallest absolute Gasteiger partial charge is 0.220 e. The topological polar surface area (TPSA) is 104 Å². The summed E-state index contributed by atoms with van der Waals surface area (Å²) in [6.07, 6.45) is 6.38. The third-order valence-electron chi connectivity index (χ3n) is 3.39. The van der Waals surface area contributed by atoms with Crippen LogP contribution in [0.3, 0.4) is 0 Å². The van der Waals surface area contributed by atoms with E-state index in [9.17, 15) is 8.42 Å². The van der Waals surface area contributed by atoms with E-state index in [-0.39, 0.29) is 11.7 Å². The predicted molar refractivity (Wildman–Crippen MR) is 92.6 cm³/mol. The number of rotatable bonds is 4. The number of anilines is 1. The Morgan fingerprint density at radius 1 is 1.35 bits per heavy atom. The highest BCUT2D eigenvalue weighted by molar-refractivity contribution is 9.10. The number of halogens is 1. The molecule has 0 spiro atoms. The van der Waals surface area contributed by atoms with Gasteiger partial charge in [0.2, 0.25) is 5.95 Å². The van der Waals surface area contributed by atoms with Crippen LogP contribution < -0.4 is 5.73 Å². The van der Waals surface area contributed by atoms with E-state index in [1.165, 1.54) is 6.26 Å². The molecule has 0 amide bonds. The van der Waals surface area contributed by atoms with Crippen LogP contribution in [0.4, 0.5) is 5.95 Å². The van der Waals surface area contributed by atoms with Crippen molar-refractivity contribution in [3.8, 4) is 11.3 Å². The Kier molecular flexibility index (Phi) is 4.07. The molecule has 3 aromatic heterocycles. The molecule has 0 saturated heterocycles. The number of nitrogen functional groups attached to an aromatic ring is 1. The van der Waals surface area contributed by atoms with Crippen LogP contribution in [0.25, 0.3) is 22.2 Å². The van der Waals surface area contributed by atoms with Crippen molar-refractivity contribution in [1.82, 2.24) is 19.5 Å². The average molecular weight is 396 g/mol. The Labute approximate surface area is 141 Å². The molecule has 0 saturated carbocycles. The molecule has 0 fully saturated rings. The summed E-state index contributed by atoms with van der Waals surface area (Å²) < 4.78 is 25.4. The van der Waals surface area contributed by atoms with Crippen molar-refractivity contribution in [2.24, 2.45) is 0 Å².